The van der Waals surface area contributed by atoms with Gasteiger partial charge in [-0.05, 0) is 61.6 Å². The van der Waals surface area contributed by atoms with Crippen molar-refractivity contribution < 1.29 is 39.5 Å². The van der Waals surface area contributed by atoms with Crippen molar-refractivity contribution in [1.82, 2.24) is 0 Å². The molecule has 3 aliphatic carbocycles. The highest BCUT2D eigenvalue weighted by molar-refractivity contribution is 6.24. The van der Waals surface area contributed by atoms with Crippen LogP contribution in [0.4, 0.5) is 0 Å². The molecule has 0 aromatic heterocycles. The number of benzene rings is 2. The third kappa shape index (κ3) is 3.83. The van der Waals surface area contributed by atoms with Crippen molar-refractivity contribution in [1.29, 1.82) is 0 Å². The Kier molecular flexibility index (Phi) is 6.66. The minimum Gasteiger partial charge on any atom is -0.508 e. The van der Waals surface area contributed by atoms with Gasteiger partial charge in [0.2, 0.25) is 5.78 Å². The number of rotatable bonds is 3. The van der Waals surface area contributed by atoms with Gasteiger partial charge in [0.25, 0.3) is 0 Å². The Morgan fingerprint density at radius 3 is 2.38 bits per heavy atom. The summed E-state index contributed by atoms with van der Waals surface area (Å²) in [4.78, 5) is 40.5. The van der Waals surface area contributed by atoms with Crippen LogP contribution in [0.5, 0.6) is 11.5 Å². The number of hydrogen-bond donors (Lipinski definition) is 4. The van der Waals surface area contributed by atoms with Gasteiger partial charge in [0.15, 0.2) is 17.2 Å². The number of carbonyl (C=O) groups is 3. The van der Waals surface area contributed by atoms with Crippen molar-refractivity contribution in [3.05, 3.63) is 75.6 Å². The number of Topliss-reactive ketones (excluding diaryl/α,β-unsaturated/α-hetero) is 3. The van der Waals surface area contributed by atoms with Crippen LogP contribution in [0.1, 0.15) is 63.3 Å². The standard InChI is InChI=1S/C34H34O8/c1-17(2)26-28(37)24(18(3)35)30(39)34(41)31(40)27-29(38)25-22(15-32(27,4)16-33(26,34)5)20(12-13-23(25)36)11-10-19-8-7-9-21(14-19)42-6/h7-9,12-14,17,26,36,38-39,41H,15-16H2,1-6H3/t26?,32-,33-,34+/m1/s1. The Bertz CT molecular complexity index is 1700. The summed E-state index contributed by atoms with van der Waals surface area (Å²) >= 11 is 0. The number of aromatic hydroxyl groups is 1. The smallest absolute Gasteiger partial charge is 0.203 e. The van der Waals surface area contributed by atoms with E-state index in [0.717, 1.165) is 6.92 Å². The number of carbonyl (C=O) groups excluding carboxylic acids is 3. The second-order valence-corrected chi connectivity index (χ2v) is 12.4. The lowest BCUT2D eigenvalue weighted by Crippen LogP contribution is -2.69. The number of ketones is 3. The molecule has 2 aromatic rings. The Balaban J connectivity index is 1.75. The van der Waals surface area contributed by atoms with E-state index in [1.165, 1.54) is 6.07 Å². The van der Waals surface area contributed by atoms with Crippen LogP contribution in [0, 0.1) is 34.5 Å². The highest BCUT2D eigenvalue weighted by atomic mass is 16.5. The quantitative estimate of drug-likeness (QED) is 0.310. The van der Waals surface area contributed by atoms with Crippen LogP contribution in [-0.4, -0.2) is 50.5 Å². The van der Waals surface area contributed by atoms with E-state index in [0.29, 0.717) is 22.4 Å². The fourth-order valence-corrected chi connectivity index (χ4v) is 7.68. The molecule has 1 unspecified atom stereocenters. The van der Waals surface area contributed by atoms with Crippen LogP contribution in [0.2, 0.25) is 0 Å². The number of allylic oxidation sites excluding steroid dienone is 1. The van der Waals surface area contributed by atoms with E-state index < -0.39 is 62.7 Å². The number of phenolic OH excluding ortho intramolecular Hbond substituents is 1. The van der Waals surface area contributed by atoms with Gasteiger partial charge in [-0.2, -0.15) is 0 Å². The lowest BCUT2D eigenvalue weighted by Gasteiger charge is -2.59. The number of ether oxygens (including phenoxy) is 1. The highest BCUT2D eigenvalue weighted by Crippen LogP contribution is 2.65. The van der Waals surface area contributed by atoms with Crippen molar-refractivity contribution in [2.75, 3.05) is 7.11 Å². The molecule has 2 aromatic carbocycles. The molecule has 1 saturated carbocycles. The molecule has 0 heterocycles. The van der Waals surface area contributed by atoms with Gasteiger partial charge in [-0.15, -0.1) is 0 Å². The molecule has 4 atom stereocenters. The monoisotopic (exact) mass is 570 g/mol. The third-order valence-corrected chi connectivity index (χ3v) is 9.30. The van der Waals surface area contributed by atoms with E-state index in [9.17, 15) is 34.8 Å². The number of aliphatic hydroxyl groups is 3. The maximum atomic E-state index is 14.4. The average Bonchev–Trinajstić information content (AvgIpc) is 2.90. The molecule has 5 rings (SSSR count). The molecular formula is C34H34O8. The minimum absolute atomic E-state index is 0.0167. The number of phenols is 1. The Morgan fingerprint density at radius 2 is 1.76 bits per heavy atom. The number of hydrogen-bond acceptors (Lipinski definition) is 8. The summed E-state index contributed by atoms with van der Waals surface area (Å²) in [6.45, 7) is 7.98. The molecule has 1 fully saturated rings. The summed E-state index contributed by atoms with van der Waals surface area (Å²) in [6.07, 6.45) is 0.169. The fraction of sp³-hybridized carbons (Fsp3) is 0.382. The van der Waals surface area contributed by atoms with E-state index >= 15 is 0 Å². The first-order chi connectivity index (χ1) is 19.6. The van der Waals surface area contributed by atoms with E-state index in [4.69, 9.17) is 4.74 Å². The first-order valence-electron chi connectivity index (χ1n) is 13.8. The van der Waals surface area contributed by atoms with Crippen molar-refractivity contribution in [2.24, 2.45) is 22.7 Å². The zero-order chi connectivity index (χ0) is 30.9. The molecule has 8 nitrogen and oxygen atoms in total. The summed E-state index contributed by atoms with van der Waals surface area (Å²) < 4.78 is 5.27. The van der Waals surface area contributed by atoms with Crippen molar-refractivity contribution >= 4 is 23.1 Å². The predicted molar refractivity (Wildman–Crippen MR) is 155 cm³/mol. The lowest BCUT2D eigenvalue weighted by atomic mass is 9.43. The van der Waals surface area contributed by atoms with Crippen molar-refractivity contribution in [3.63, 3.8) is 0 Å². The van der Waals surface area contributed by atoms with E-state index in [1.54, 1.807) is 53.0 Å². The minimum atomic E-state index is -2.64. The molecule has 0 aliphatic heterocycles. The molecule has 4 N–H and O–H groups in total. The number of methoxy groups -OCH3 is 1. The van der Waals surface area contributed by atoms with Gasteiger partial charge in [0.05, 0.1) is 12.7 Å². The molecule has 8 heteroatoms. The van der Waals surface area contributed by atoms with Gasteiger partial charge in [-0.25, -0.2) is 0 Å². The largest absolute Gasteiger partial charge is 0.508 e. The van der Waals surface area contributed by atoms with Crippen LogP contribution in [0.3, 0.4) is 0 Å². The summed E-state index contributed by atoms with van der Waals surface area (Å²) in [5, 5.41) is 45.9. The van der Waals surface area contributed by atoms with Crippen LogP contribution < -0.4 is 4.74 Å². The van der Waals surface area contributed by atoms with Gasteiger partial charge in [-0.1, -0.05) is 45.6 Å². The third-order valence-electron chi connectivity index (χ3n) is 9.30. The summed E-state index contributed by atoms with van der Waals surface area (Å²) in [6, 6.07) is 10.2. The first kappa shape index (κ1) is 29.2. The van der Waals surface area contributed by atoms with Gasteiger partial charge in [0.1, 0.15) is 28.6 Å². The Hall–Kier alpha value is -4.35. The Morgan fingerprint density at radius 1 is 1.07 bits per heavy atom. The van der Waals surface area contributed by atoms with Crippen molar-refractivity contribution in [2.45, 2.75) is 53.1 Å². The lowest BCUT2D eigenvalue weighted by molar-refractivity contribution is -0.178. The molecule has 0 amide bonds. The van der Waals surface area contributed by atoms with Crippen LogP contribution in [0.25, 0.3) is 5.76 Å². The van der Waals surface area contributed by atoms with Gasteiger partial charge in [-0.3, -0.25) is 14.4 Å². The van der Waals surface area contributed by atoms with E-state index in [2.05, 4.69) is 11.8 Å². The molecule has 0 radical (unpaired) electrons. The predicted octanol–water partition coefficient (Wildman–Crippen LogP) is 4.60. The molecule has 0 spiro atoms. The second kappa shape index (κ2) is 9.60. The summed E-state index contributed by atoms with van der Waals surface area (Å²) in [5.74, 6) is 1.32. The number of aliphatic hydroxyl groups excluding tert-OH is 2. The topological polar surface area (TPSA) is 141 Å². The van der Waals surface area contributed by atoms with Crippen LogP contribution in [-0.2, 0) is 20.8 Å². The normalized spacial score (nSPS) is 28.5. The molecule has 0 saturated heterocycles. The van der Waals surface area contributed by atoms with Crippen LogP contribution >= 0.6 is 0 Å². The van der Waals surface area contributed by atoms with Crippen molar-refractivity contribution in [3.8, 4) is 23.3 Å². The van der Waals surface area contributed by atoms with Gasteiger partial charge >= 0.3 is 0 Å². The maximum Gasteiger partial charge on any atom is 0.203 e. The second-order valence-electron chi connectivity index (χ2n) is 12.4. The van der Waals surface area contributed by atoms with Gasteiger partial charge in [0, 0.05) is 33.4 Å². The Labute approximate surface area is 244 Å². The summed E-state index contributed by atoms with van der Waals surface area (Å²) in [5.41, 5.74) is -4.29. The zero-order valence-electron chi connectivity index (χ0n) is 24.5. The number of fused-ring (bicyclic) bond motifs is 3. The molecule has 42 heavy (non-hydrogen) atoms. The maximum absolute atomic E-state index is 14.4. The zero-order valence-corrected chi connectivity index (χ0v) is 24.5. The van der Waals surface area contributed by atoms with E-state index in [-0.39, 0.29) is 29.7 Å². The first-order valence-corrected chi connectivity index (χ1v) is 13.8. The SMILES string of the molecule is COc1cccc(C#Cc2ccc(O)c3c2C[C@]2(C)C[C@]4(C)C(C(C)C)C(=O)C(C(C)=O)=C(O)[C@]4(O)C(=O)C2=C3O)c1. The molecule has 218 valence electrons. The highest BCUT2D eigenvalue weighted by Gasteiger charge is 2.72. The summed E-state index contributed by atoms with van der Waals surface area (Å²) in [7, 11) is 1.56. The van der Waals surface area contributed by atoms with Gasteiger partial charge < -0.3 is 25.2 Å². The van der Waals surface area contributed by atoms with Crippen LogP contribution in [0.15, 0.2) is 53.3 Å². The van der Waals surface area contributed by atoms with E-state index in [1.807, 2.05) is 12.1 Å². The molecular weight excluding hydrogens is 536 g/mol. The fourth-order valence-electron chi connectivity index (χ4n) is 7.68. The average molecular weight is 571 g/mol. The molecule has 0 bridgehead atoms. The molecule has 3 aliphatic rings.